The molecule has 0 bridgehead atoms. The number of rotatable bonds is 4. The highest BCUT2D eigenvalue weighted by atomic mass is 127. The van der Waals surface area contributed by atoms with E-state index in [9.17, 15) is 0 Å². The molecule has 1 spiro atoms. The first-order valence-electron chi connectivity index (χ1n) is 7.33. The fourth-order valence-electron chi connectivity index (χ4n) is 3.36. The smallest absolute Gasteiger partial charge is 0.193 e. The lowest BCUT2D eigenvalue weighted by molar-refractivity contribution is 0.152. The van der Waals surface area contributed by atoms with Gasteiger partial charge in [-0.1, -0.05) is 12.8 Å². The number of ether oxygens (including phenoxy) is 1. The van der Waals surface area contributed by atoms with Gasteiger partial charge in [-0.05, 0) is 31.6 Å². The maximum absolute atomic E-state index is 5.35. The molecule has 2 aliphatic rings. The van der Waals surface area contributed by atoms with Crippen molar-refractivity contribution in [1.82, 2.24) is 10.2 Å². The highest BCUT2D eigenvalue weighted by Gasteiger charge is 2.40. The summed E-state index contributed by atoms with van der Waals surface area (Å²) < 4.78 is 5.35. The van der Waals surface area contributed by atoms with Crippen molar-refractivity contribution in [2.75, 3.05) is 39.9 Å². The van der Waals surface area contributed by atoms with Gasteiger partial charge in [0.1, 0.15) is 0 Å². The Labute approximate surface area is 134 Å². The maximum Gasteiger partial charge on any atom is 0.193 e. The zero-order chi connectivity index (χ0) is 12.8. The molecular weight excluding hydrogens is 353 g/mol. The van der Waals surface area contributed by atoms with Gasteiger partial charge in [0.25, 0.3) is 0 Å². The predicted octanol–water partition coefficient (Wildman–Crippen LogP) is 2.48. The van der Waals surface area contributed by atoms with E-state index in [1.54, 1.807) is 0 Å². The van der Waals surface area contributed by atoms with Crippen LogP contribution in [0.5, 0.6) is 0 Å². The topological polar surface area (TPSA) is 36.9 Å². The van der Waals surface area contributed by atoms with Gasteiger partial charge >= 0.3 is 0 Å². The van der Waals surface area contributed by atoms with Crippen LogP contribution in [0.4, 0.5) is 0 Å². The molecule has 2 fully saturated rings. The average Bonchev–Trinajstić information content (AvgIpc) is 3.01. The molecule has 0 amide bonds. The molecule has 0 radical (unpaired) electrons. The Morgan fingerprint density at radius 2 is 2.05 bits per heavy atom. The van der Waals surface area contributed by atoms with Crippen LogP contribution in [0.1, 0.15) is 39.0 Å². The molecule has 1 heterocycles. The van der Waals surface area contributed by atoms with Crippen molar-refractivity contribution in [2.45, 2.75) is 39.0 Å². The lowest BCUT2D eigenvalue weighted by Gasteiger charge is -2.25. The number of guanidine groups is 1. The van der Waals surface area contributed by atoms with E-state index in [1.807, 2.05) is 14.0 Å². The van der Waals surface area contributed by atoms with Gasteiger partial charge in [0.15, 0.2) is 5.96 Å². The Morgan fingerprint density at radius 1 is 1.32 bits per heavy atom. The first-order chi connectivity index (χ1) is 8.79. The highest BCUT2D eigenvalue weighted by molar-refractivity contribution is 14.0. The number of hydrogen-bond donors (Lipinski definition) is 1. The summed E-state index contributed by atoms with van der Waals surface area (Å²) in [7, 11) is 1.88. The van der Waals surface area contributed by atoms with Crippen LogP contribution in [0, 0.1) is 5.41 Å². The zero-order valence-electron chi connectivity index (χ0n) is 12.3. The van der Waals surface area contributed by atoms with Crippen LogP contribution >= 0.6 is 24.0 Å². The van der Waals surface area contributed by atoms with Crippen molar-refractivity contribution in [1.29, 1.82) is 0 Å². The minimum Gasteiger partial charge on any atom is -0.380 e. The van der Waals surface area contributed by atoms with Crippen molar-refractivity contribution >= 4 is 29.9 Å². The van der Waals surface area contributed by atoms with Gasteiger partial charge in [-0.25, -0.2) is 0 Å². The zero-order valence-corrected chi connectivity index (χ0v) is 14.6. The van der Waals surface area contributed by atoms with E-state index < -0.39 is 0 Å². The predicted molar refractivity (Wildman–Crippen MR) is 90.4 cm³/mol. The fourth-order valence-corrected chi connectivity index (χ4v) is 3.36. The highest BCUT2D eigenvalue weighted by Crippen LogP contribution is 2.45. The van der Waals surface area contributed by atoms with E-state index in [1.165, 1.54) is 38.6 Å². The third kappa shape index (κ3) is 4.48. The molecular formula is C14H28IN3O. The van der Waals surface area contributed by atoms with E-state index in [0.717, 1.165) is 32.3 Å². The summed E-state index contributed by atoms with van der Waals surface area (Å²) >= 11 is 0. The lowest BCUT2D eigenvalue weighted by Crippen LogP contribution is -2.42. The molecule has 2 rings (SSSR count). The summed E-state index contributed by atoms with van der Waals surface area (Å²) in [5.74, 6) is 1.05. The summed E-state index contributed by atoms with van der Waals surface area (Å²) in [6.45, 7) is 6.78. The molecule has 0 aromatic heterocycles. The van der Waals surface area contributed by atoms with E-state index in [0.29, 0.717) is 5.41 Å². The van der Waals surface area contributed by atoms with Crippen LogP contribution in [0.25, 0.3) is 0 Å². The first kappa shape index (κ1) is 17.0. The van der Waals surface area contributed by atoms with Gasteiger partial charge in [0.2, 0.25) is 0 Å². The maximum atomic E-state index is 5.35. The Morgan fingerprint density at radius 3 is 2.68 bits per heavy atom. The summed E-state index contributed by atoms with van der Waals surface area (Å²) in [5.41, 5.74) is 0.609. The minimum absolute atomic E-state index is 0. The summed E-state index contributed by atoms with van der Waals surface area (Å²) in [4.78, 5) is 6.83. The molecule has 1 aliphatic carbocycles. The Kier molecular flexibility index (Phi) is 7.42. The van der Waals surface area contributed by atoms with Crippen molar-refractivity contribution in [3.8, 4) is 0 Å². The van der Waals surface area contributed by atoms with E-state index in [-0.39, 0.29) is 24.0 Å². The SMILES string of the molecule is CCOCCNC(=NC)N1CCC2(CCCC2)C1.I. The van der Waals surface area contributed by atoms with Crippen molar-refractivity contribution in [2.24, 2.45) is 10.4 Å². The molecule has 0 aromatic rings. The van der Waals surface area contributed by atoms with Crippen molar-refractivity contribution < 1.29 is 4.74 Å². The summed E-state index contributed by atoms with van der Waals surface area (Å²) in [5, 5.41) is 3.40. The van der Waals surface area contributed by atoms with Crippen LogP contribution in [-0.4, -0.2) is 50.8 Å². The van der Waals surface area contributed by atoms with Crippen molar-refractivity contribution in [3.63, 3.8) is 0 Å². The summed E-state index contributed by atoms with van der Waals surface area (Å²) in [6.07, 6.45) is 7.02. The van der Waals surface area contributed by atoms with E-state index in [4.69, 9.17) is 4.74 Å². The molecule has 4 nitrogen and oxygen atoms in total. The van der Waals surface area contributed by atoms with Gasteiger partial charge in [0.05, 0.1) is 6.61 Å². The number of likely N-dealkylation sites (tertiary alicyclic amines) is 1. The monoisotopic (exact) mass is 381 g/mol. The first-order valence-corrected chi connectivity index (χ1v) is 7.33. The molecule has 1 aliphatic heterocycles. The molecule has 1 saturated heterocycles. The number of hydrogen-bond acceptors (Lipinski definition) is 2. The van der Waals surface area contributed by atoms with E-state index >= 15 is 0 Å². The average molecular weight is 381 g/mol. The second-order valence-corrected chi connectivity index (χ2v) is 5.55. The number of nitrogens with zero attached hydrogens (tertiary/aromatic N) is 2. The molecule has 112 valence electrons. The normalized spacial score (nSPS) is 21.8. The minimum atomic E-state index is 0. The third-order valence-corrected chi connectivity index (χ3v) is 4.35. The summed E-state index contributed by atoms with van der Waals surface area (Å²) in [6, 6.07) is 0. The van der Waals surface area contributed by atoms with Gasteiger partial charge in [-0.3, -0.25) is 4.99 Å². The third-order valence-electron chi connectivity index (χ3n) is 4.35. The van der Waals surface area contributed by atoms with Crippen LogP contribution < -0.4 is 5.32 Å². The Balaban J connectivity index is 0.00000180. The Hall–Kier alpha value is -0.0400. The van der Waals surface area contributed by atoms with Crippen LogP contribution in [0.15, 0.2) is 4.99 Å². The largest absolute Gasteiger partial charge is 0.380 e. The van der Waals surface area contributed by atoms with Crippen LogP contribution in [0.2, 0.25) is 0 Å². The number of aliphatic imine (C=N–C) groups is 1. The van der Waals surface area contributed by atoms with Gasteiger partial charge in [-0.2, -0.15) is 0 Å². The molecule has 1 saturated carbocycles. The quantitative estimate of drug-likeness (QED) is 0.352. The molecule has 0 unspecified atom stereocenters. The van der Waals surface area contributed by atoms with Crippen molar-refractivity contribution in [3.05, 3.63) is 0 Å². The van der Waals surface area contributed by atoms with Gasteiger partial charge in [0, 0.05) is 33.3 Å². The number of halogens is 1. The molecule has 1 N–H and O–H groups in total. The van der Waals surface area contributed by atoms with Gasteiger partial charge < -0.3 is 15.0 Å². The van der Waals surface area contributed by atoms with Gasteiger partial charge in [-0.15, -0.1) is 24.0 Å². The molecule has 0 aromatic carbocycles. The Bertz CT molecular complexity index is 290. The fraction of sp³-hybridized carbons (Fsp3) is 0.929. The van der Waals surface area contributed by atoms with E-state index in [2.05, 4.69) is 15.2 Å². The molecule has 0 atom stereocenters. The second kappa shape index (κ2) is 8.29. The lowest BCUT2D eigenvalue weighted by atomic mass is 9.86. The standard InChI is InChI=1S/C14H27N3O.HI/c1-3-18-11-9-16-13(15-2)17-10-8-14(12-17)6-4-5-7-14;/h3-12H2,1-2H3,(H,15,16);1H. The molecule has 19 heavy (non-hydrogen) atoms. The van der Waals surface area contributed by atoms with Crippen LogP contribution in [-0.2, 0) is 4.74 Å². The van der Waals surface area contributed by atoms with Crippen LogP contribution in [0.3, 0.4) is 0 Å². The number of nitrogens with one attached hydrogen (secondary N) is 1. The second-order valence-electron chi connectivity index (χ2n) is 5.55. The molecule has 5 heteroatoms.